The molecule has 4 rings (SSSR count). The Morgan fingerprint density at radius 1 is 1.09 bits per heavy atom. The maximum atomic E-state index is 13.7. The van der Waals surface area contributed by atoms with E-state index in [0.717, 1.165) is 22.4 Å². The number of hydrogen-bond acceptors (Lipinski definition) is 4. The fourth-order valence-corrected chi connectivity index (χ4v) is 4.30. The van der Waals surface area contributed by atoms with Gasteiger partial charge in [0.1, 0.15) is 0 Å². The maximum absolute atomic E-state index is 13.7. The smallest absolute Gasteiger partial charge is 0.327 e. The minimum absolute atomic E-state index is 0.116. The highest BCUT2D eigenvalue weighted by Gasteiger charge is 2.38. The standard InChI is InChI=1S/C25H26N4O3/c1-16-4-9-21(17(2)14-16)29-18(3)22(24(30)28-10-12-32-13-11-28)23(27-25(29)31)20-7-5-19(15-26)6-8-20/h4-9,14,23H,10-13H2,1-3H3,(H,27,31)/t23-/m0/s1. The topological polar surface area (TPSA) is 85.7 Å². The number of urea groups is 1. The van der Waals surface area contributed by atoms with Crippen LogP contribution >= 0.6 is 0 Å². The van der Waals surface area contributed by atoms with Gasteiger partial charge < -0.3 is 15.0 Å². The van der Waals surface area contributed by atoms with E-state index in [1.807, 2.05) is 39.0 Å². The predicted octanol–water partition coefficient (Wildman–Crippen LogP) is 3.58. The zero-order valence-electron chi connectivity index (χ0n) is 18.5. The Morgan fingerprint density at radius 3 is 2.41 bits per heavy atom. The zero-order chi connectivity index (χ0) is 22.8. The lowest BCUT2D eigenvalue weighted by Crippen LogP contribution is -2.51. The lowest BCUT2D eigenvalue weighted by atomic mass is 9.92. The molecule has 32 heavy (non-hydrogen) atoms. The fourth-order valence-electron chi connectivity index (χ4n) is 4.30. The van der Waals surface area contributed by atoms with Crippen molar-refractivity contribution in [2.24, 2.45) is 0 Å². The maximum Gasteiger partial charge on any atom is 0.327 e. The van der Waals surface area contributed by atoms with Crippen LogP contribution in [0.15, 0.2) is 53.7 Å². The van der Waals surface area contributed by atoms with E-state index in [2.05, 4.69) is 11.4 Å². The second kappa shape index (κ2) is 8.85. The highest BCUT2D eigenvalue weighted by molar-refractivity contribution is 6.05. The number of rotatable bonds is 3. The van der Waals surface area contributed by atoms with Gasteiger partial charge in [-0.15, -0.1) is 0 Å². The average molecular weight is 431 g/mol. The Morgan fingerprint density at radius 2 is 1.78 bits per heavy atom. The van der Waals surface area contributed by atoms with Gasteiger partial charge in [0, 0.05) is 18.8 Å². The van der Waals surface area contributed by atoms with Gasteiger partial charge >= 0.3 is 6.03 Å². The number of aryl methyl sites for hydroxylation is 2. The van der Waals surface area contributed by atoms with E-state index in [1.54, 1.807) is 34.1 Å². The first kappa shape index (κ1) is 21.6. The van der Waals surface area contributed by atoms with E-state index >= 15 is 0 Å². The Hall–Kier alpha value is -3.63. The molecular formula is C25H26N4O3. The van der Waals surface area contributed by atoms with Crippen molar-refractivity contribution in [2.45, 2.75) is 26.8 Å². The van der Waals surface area contributed by atoms with E-state index < -0.39 is 6.04 Å². The molecular weight excluding hydrogens is 404 g/mol. The van der Waals surface area contributed by atoms with Crippen LogP contribution in [0.2, 0.25) is 0 Å². The summed E-state index contributed by atoms with van der Waals surface area (Å²) in [6.07, 6.45) is 0. The second-order valence-electron chi connectivity index (χ2n) is 8.15. The number of nitrogens with one attached hydrogen (secondary N) is 1. The number of anilines is 1. The van der Waals surface area contributed by atoms with Crippen LogP contribution in [0, 0.1) is 25.2 Å². The van der Waals surface area contributed by atoms with Crippen molar-refractivity contribution in [3.05, 3.63) is 76.0 Å². The van der Waals surface area contributed by atoms with Crippen molar-refractivity contribution >= 4 is 17.6 Å². The molecule has 7 nitrogen and oxygen atoms in total. The number of benzene rings is 2. The molecule has 0 saturated carbocycles. The van der Waals surface area contributed by atoms with E-state index in [9.17, 15) is 9.59 Å². The number of nitrogens with zero attached hydrogens (tertiary/aromatic N) is 3. The SMILES string of the molecule is CC1=C(C(=O)N2CCOCC2)[C@H](c2ccc(C#N)cc2)NC(=O)N1c1ccc(C)cc1C. The van der Waals surface area contributed by atoms with Crippen molar-refractivity contribution in [2.75, 3.05) is 31.2 Å². The van der Waals surface area contributed by atoms with E-state index in [-0.39, 0.29) is 11.9 Å². The molecule has 0 bridgehead atoms. The quantitative estimate of drug-likeness (QED) is 0.807. The van der Waals surface area contributed by atoms with E-state index in [4.69, 9.17) is 10.00 Å². The van der Waals surface area contributed by atoms with Gasteiger partial charge in [0.25, 0.3) is 5.91 Å². The average Bonchev–Trinajstić information content (AvgIpc) is 2.80. The molecule has 0 spiro atoms. The molecule has 0 aliphatic carbocycles. The molecule has 1 saturated heterocycles. The number of morpholine rings is 1. The molecule has 7 heteroatoms. The van der Waals surface area contributed by atoms with E-state index in [0.29, 0.717) is 43.1 Å². The molecule has 164 valence electrons. The third kappa shape index (κ3) is 3.97. The van der Waals surface area contributed by atoms with Gasteiger partial charge in [-0.05, 0) is 50.1 Å². The molecule has 1 fully saturated rings. The number of nitriles is 1. The number of amides is 3. The van der Waals surface area contributed by atoms with Crippen molar-refractivity contribution in [3.63, 3.8) is 0 Å². The Balaban J connectivity index is 1.83. The largest absolute Gasteiger partial charge is 0.378 e. The van der Waals surface area contributed by atoms with Crippen molar-refractivity contribution in [1.82, 2.24) is 10.2 Å². The molecule has 2 aliphatic rings. The van der Waals surface area contributed by atoms with Crippen LogP contribution in [0.4, 0.5) is 10.5 Å². The van der Waals surface area contributed by atoms with Gasteiger partial charge in [0.05, 0.1) is 42.1 Å². The molecule has 0 aromatic heterocycles. The number of ether oxygens (including phenoxy) is 1. The zero-order valence-corrected chi connectivity index (χ0v) is 18.5. The molecule has 0 radical (unpaired) electrons. The summed E-state index contributed by atoms with van der Waals surface area (Å²) in [5, 5.41) is 12.2. The molecule has 2 aliphatic heterocycles. The number of carbonyl (C=O) groups is 2. The highest BCUT2D eigenvalue weighted by atomic mass is 16.5. The summed E-state index contributed by atoms with van der Waals surface area (Å²) >= 11 is 0. The van der Waals surface area contributed by atoms with Gasteiger partial charge in [-0.2, -0.15) is 5.26 Å². The first-order valence-corrected chi connectivity index (χ1v) is 10.7. The normalized spacial score (nSPS) is 18.9. The van der Waals surface area contributed by atoms with E-state index in [1.165, 1.54) is 0 Å². The third-order valence-corrected chi connectivity index (χ3v) is 5.98. The third-order valence-electron chi connectivity index (χ3n) is 5.98. The summed E-state index contributed by atoms with van der Waals surface area (Å²) in [5.74, 6) is -0.116. The summed E-state index contributed by atoms with van der Waals surface area (Å²) in [5.41, 5.74) is 5.21. The molecule has 2 aromatic rings. The van der Waals surface area contributed by atoms with Crippen molar-refractivity contribution in [1.29, 1.82) is 5.26 Å². The molecule has 1 atom stereocenters. The molecule has 0 unspecified atom stereocenters. The predicted molar refractivity (Wildman–Crippen MR) is 121 cm³/mol. The minimum Gasteiger partial charge on any atom is -0.378 e. The number of hydrogen-bond donors (Lipinski definition) is 1. The van der Waals surface area contributed by atoms with Crippen LogP contribution in [0.3, 0.4) is 0 Å². The lowest BCUT2D eigenvalue weighted by molar-refractivity contribution is -0.131. The van der Waals surface area contributed by atoms with Crippen LogP contribution in [0.1, 0.15) is 35.2 Å². The number of allylic oxidation sites excluding steroid dienone is 1. The van der Waals surface area contributed by atoms with Gasteiger partial charge in [-0.1, -0.05) is 29.8 Å². The van der Waals surface area contributed by atoms with Gasteiger partial charge in [0.2, 0.25) is 0 Å². The van der Waals surface area contributed by atoms with Crippen molar-refractivity contribution in [3.8, 4) is 6.07 Å². The minimum atomic E-state index is -0.604. The van der Waals surface area contributed by atoms with Crippen LogP contribution in [0.25, 0.3) is 0 Å². The van der Waals surface area contributed by atoms with Gasteiger partial charge in [-0.25, -0.2) is 4.79 Å². The van der Waals surface area contributed by atoms with Crippen LogP contribution in [-0.4, -0.2) is 43.1 Å². The monoisotopic (exact) mass is 430 g/mol. The molecule has 1 N–H and O–H groups in total. The van der Waals surface area contributed by atoms with Crippen molar-refractivity contribution < 1.29 is 14.3 Å². The first-order chi connectivity index (χ1) is 15.4. The summed E-state index contributed by atoms with van der Waals surface area (Å²) in [6, 6.07) is 14.1. The van der Waals surface area contributed by atoms with Crippen LogP contribution < -0.4 is 10.2 Å². The second-order valence-corrected chi connectivity index (χ2v) is 8.15. The Bertz CT molecular complexity index is 1120. The van der Waals surface area contributed by atoms with Crippen LogP contribution in [-0.2, 0) is 9.53 Å². The first-order valence-electron chi connectivity index (χ1n) is 10.7. The lowest BCUT2D eigenvalue weighted by Gasteiger charge is -2.38. The van der Waals surface area contributed by atoms with Crippen LogP contribution in [0.5, 0.6) is 0 Å². The van der Waals surface area contributed by atoms with Gasteiger partial charge in [0.15, 0.2) is 0 Å². The van der Waals surface area contributed by atoms with Gasteiger partial charge in [-0.3, -0.25) is 9.69 Å². The summed E-state index contributed by atoms with van der Waals surface area (Å²) in [4.78, 5) is 30.3. The summed E-state index contributed by atoms with van der Waals surface area (Å²) in [6.45, 7) is 7.78. The Kier molecular flexibility index (Phi) is 5.97. The Labute approximate surface area is 187 Å². The summed E-state index contributed by atoms with van der Waals surface area (Å²) in [7, 11) is 0. The summed E-state index contributed by atoms with van der Waals surface area (Å²) < 4.78 is 5.41. The highest BCUT2D eigenvalue weighted by Crippen LogP contribution is 2.36. The number of carbonyl (C=O) groups excluding carboxylic acids is 2. The fraction of sp³-hybridized carbons (Fsp3) is 0.320. The molecule has 2 heterocycles. The molecule has 3 amide bonds. The molecule has 2 aromatic carbocycles.